The van der Waals surface area contributed by atoms with E-state index in [1.165, 1.54) is 30.0 Å². The predicted molar refractivity (Wildman–Crippen MR) is 171 cm³/mol. The number of hydrogen-bond donors (Lipinski definition) is 6. The van der Waals surface area contributed by atoms with E-state index in [1.54, 1.807) is 19.9 Å². The molecule has 16 heteroatoms. The number of nitrogens with zero attached hydrogens (tertiary/aromatic N) is 1. The molecule has 1 aliphatic rings. The van der Waals surface area contributed by atoms with Crippen molar-refractivity contribution < 1.29 is 48.2 Å². The largest absolute Gasteiger partial charge is 0.481 e. The van der Waals surface area contributed by atoms with E-state index in [1.807, 2.05) is 6.92 Å². The van der Waals surface area contributed by atoms with E-state index < -0.39 is 84.1 Å². The lowest BCUT2D eigenvalue weighted by molar-refractivity contribution is -0.144. The molecule has 5 atom stereocenters. The SMILES string of the molecule is CCC(C)C(NC(C)=O)C(=O)NC(CCC(=O)O)C(=O)N1CCCC1C(=O)NC(CC(=O)O)C(=O)Nc1ccc2c(C)cc(=O)oc2c1. The summed E-state index contributed by atoms with van der Waals surface area (Å²) < 4.78 is 5.19. The summed E-state index contributed by atoms with van der Waals surface area (Å²) >= 11 is 0. The number of nitrogens with one attached hydrogen (secondary N) is 4. The molecule has 2 heterocycles. The molecule has 0 saturated carbocycles. The molecule has 260 valence electrons. The smallest absolute Gasteiger partial charge is 0.336 e. The van der Waals surface area contributed by atoms with Crippen molar-refractivity contribution >= 4 is 58.1 Å². The van der Waals surface area contributed by atoms with Gasteiger partial charge in [0.05, 0.1) is 6.42 Å². The van der Waals surface area contributed by atoms with Crippen LogP contribution in [0.2, 0.25) is 0 Å². The maximum atomic E-state index is 13.7. The minimum atomic E-state index is -1.57. The third-order valence-electron chi connectivity index (χ3n) is 8.18. The lowest BCUT2D eigenvalue weighted by atomic mass is 9.97. The summed E-state index contributed by atoms with van der Waals surface area (Å²) in [5.74, 6) is -6.51. The van der Waals surface area contributed by atoms with Gasteiger partial charge in [-0.05, 0) is 49.8 Å². The molecule has 1 saturated heterocycles. The summed E-state index contributed by atoms with van der Waals surface area (Å²) in [7, 11) is 0. The van der Waals surface area contributed by atoms with Crippen molar-refractivity contribution in [2.75, 3.05) is 11.9 Å². The maximum absolute atomic E-state index is 13.7. The highest BCUT2D eigenvalue weighted by molar-refractivity contribution is 6.01. The van der Waals surface area contributed by atoms with Crippen molar-refractivity contribution in [2.45, 2.75) is 90.4 Å². The molecule has 1 aromatic heterocycles. The van der Waals surface area contributed by atoms with Crippen LogP contribution >= 0.6 is 0 Å². The predicted octanol–water partition coefficient (Wildman–Crippen LogP) is 0.891. The Balaban J connectivity index is 1.79. The molecule has 5 unspecified atom stereocenters. The molecule has 1 aliphatic heterocycles. The first-order valence-electron chi connectivity index (χ1n) is 15.6. The van der Waals surface area contributed by atoms with Gasteiger partial charge in [-0.1, -0.05) is 20.3 Å². The first-order valence-corrected chi connectivity index (χ1v) is 15.6. The number of carboxylic acids is 2. The highest BCUT2D eigenvalue weighted by Gasteiger charge is 2.40. The van der Waals surface area contributed by atoms with Crippen molar-refractivity contribution in [1.82, 2.24) is 20.9 Å². The average molecular weight is 672 g/mol. The topological polar surface area (TPSA) is 242 Å². The first kappa shape index (κ1) is 37.2. The number of amides is 5. The fourth-order valence-electron chi connectivity index (χ4n) is 5.49. The molecule has 1 aromatic carbocycles. The summed E-state index contributed by atoms with van der Waals surface area (Å²) in [6.07, 6.45) is -0.535. The second-order valence-corrected chi connectivity index (χ2v) is 11.9. The Labute approximate surface area is 275 Å². The van der Waals surface area contributed by atoms with Gasteiger partial charge in [0.25, 0.3) is 0 Å². The third-order valence-corrected chi connectivity index (χ3v) is 8.18. The number of fused-ring (bicyclic) bond motifs is 1. The monoisotopic (exact) mass is 671 g/mol. The molecule has 0 spiro atoms. The number of carboxylic acid groups (broad SMARTS) is 2. The number of carbonyl (C=O) groups excluding carboxylic acids is 5. The van der Waals surface area contributed by atoms with E-state index in [0.29, 0.717) is 23.8 Å². The Kier molecular flexibility index (Phi) is 12.8. The lowest BCUT2D eigenvalue weighted by Crippen LogP contribution is -2.58. The van der Waals surface area contributed by atoms with Crippen LogP contribution < -0.4 is 26.9 Å². The van der Waals surface area contributed by atoms with Crippen LogP contribution in [0, 0.1) is 12.8 Å². The summed E-state index contributed by atoms with van der Waals surface area (Å²) in [5.41, 5.74) is 0.422. The van der Waals surface area contributed by atoms with E-state index in [4.69, 9.17) is 4.42 Å². The average Bonchev–Trinajstić information content (AvgIpc) is 3.50. The number of carbonyl (C=O) groups is 7. The van der Waals surface area contributed by atoms with Crippen molar-refractivity contribution in [3.05, 3.63) is 40.2 Å². The lowest BCUT2D eigenvalue weighted by Gasteiger charge is -2.31. The minimum Gasteiger partial charge on any atom is -0.481 e. The number of aryl methyl sites for hydroxylation is 1. The number of aliphatic carboxylic acids is 2. The minimum absolute atomic E-state index is 0.0777. The van der Waals surface area contributed by atoms with Gasteiger partial charge >= 0.3 is 17.6 Å². The fourth-order valence-corrected chi connectivity index (χ4v) is 5.49. The van der Waals surface area contributed by atoms with Crippen molar-refractivity contribution in [2.24, 2.45) is 5.92 Å². The summed E-state index contributed by atoms with van der Waals surface area (Å²) in [4.78, 5) is 101. The third kappa shape index (κ3) is 9.86. The molecule has 1 fully saturated rings. The molecule has 48 heavy (non-hydrogen) atoms. The highest BCUT2D eigenvalue weighted by Crippen LogP contribution is 2.23. The van der Waals surface area contributed by atoms with Gasteiger partial charge in [0, 0.05) is 43.1 Å². The Morgan fingerprint density at radius 1 is 0.979 bits per heavy atom. The molecular weight excluding hydrogens is 630 g/mol. The highest BCUT2D eigenvalue weighted by atomic mass is 16.4. The van der Waals surface area contributed by atoms with Crippen LogP contribution in [0.3, 0.4) is 0 Å². The first-order chi connectivity index (χ1) is 22.6. The van der Waals surface area contributed by atoms with Crippen LogP contribution in [0.1, 0.15) is 64.9 Å². The number of hydrogen-bond acceptors (Lipinski definition) is 9. The summed E-state index contributed by atoms with van der Waals surface area (Å²) in [6.45, 7) is 6.58. The standard InChI is InChI=1S/C32H41N5O11/c1-5-16(2)28(33-18(4)38)31(46)35-21(10-11-25(39)40)32(47)37-12-6-7-23(37)30(45)36-22(15-26(41)42)29(44)34-19-8-9-20-17(3)13-27(43)48-24(20)14-19/h8-9,13-14,16,21-23,28H,5-7,10-12,15H2,1-4H3,(H,33,38)(H,34,44)(H,35,46)(H,36,45)(H,39,40)(H,41,42). The number of benzene rings is 1. The van der Waals surface area contributed by atoms with Gasteiger partial charge < -0.3 is 40.8 Å². The number of likely N-dealkylation sites (tertiary alicyclic amines) is 1. The molecule has 6 N–H and O–H groups in total. The molecule has 0 bridgehead atoms. The molecule has 16 nitrogen and oxygen atoms in total. The van der Waals surface area contributed by atoms with Gasteiger partial charge in [-0.3, -0.25) is 33.6 Å². The van der Waals surface area contributed by atoms with E-state index in [0.717, 1.165) is 0 Å². The van der Waals surface area contributed by atoms with Gasteiger partial charge in [-0.25, -0.2) is 4.79 Å². The van der Waals surface area contributed by atoms with Gasteiger partial charge in [-0.15, -0.1) is 0 Å². The van der Waals surface area contributed by atoms with Crippen LogP contribution in [0.5, 0.6) is 0 Å². The Bertz CT molecular complexity index is 1640. The van der Waals surface area contributed by atoms with Crippen LogP contribution in [0.4, 0.5) is 5.69 Å². The van der Waals surface area contributed by atoms with Crippen molar-refractivity contribution in [3.63, 3.8) is 0 Å². The number of anilines is 1. The maximum Gasteiger partial charge on any atom is 0.336 e. The molecule has 5 amide bonds. The second-order valence-electron chi connectivity index (χ2n) is 11.9. The van der Waals surface area contributed by atoms with Crippen LogP contribution in [-0.2, 0) is 33.6 Å². The fraction of sp³-hybridized carbons (Fsp3) is 0.500. The van der Waals surface area contributed by atoms with Crippen LogP contribution in [-0.4, -0.2) is 87.3 Å². The van der Waals surface area contributed by atoms with Crippen molar-refractivity contribution in [3.8, 4) is 0 Å². The zero-order valence-corrected chi connectivity index (χ0v) is 27.2. The molecule has 3 rings (SSSR count). The van der Waals surface area contributed by atoms with Crippen LogP contribution in [0.15, 0.2) is 33.5 Å². The van der Waals surface area contributed by atoms with Crippen LogP contribution in [0.25, 0.3) is 11.0 Å². The van der Waals surface area contributed by atoms with E-state index in [2.05, 4.69) is 21.3 Å². The summed E-state index contributed by atoms with van der Waals surface area (Å²) in [6, 6.07) is 0.772. The number of rotatable bonds is 15. The molecular formula is C32H41N5O11. The van der Waals surface area contributed by atoms with E-state index in [-0.39, 0.29) is 36.6 Å². The van der Waals surface area contributed by atoms with Gasteiger partial charge in [0.15, 0.2) is 0 Å². The molecule has 0 aliphatic carbocycles. The van der Waals surface area contributed by atoms with Gasteiger partial charge in [-0.2, -0.15) is 0 Å². The second kappa shape index (κ2) is 16.5. The quantitative estimate of drug-likeness (QED) is 0.145. The molecule has 0 radical (unpaired) electrons. The zero-order valence-electron chi connectivity index (χ0n) is 27.2. The van der Waals surface area contributed by atoms with Gasteiger partial charge in [0.1, 0.15) is 29.8 Å². The molecule has 2 aromatic rings. The Hall–Kier alpha value is -5.28. The van der Waals surface area contributed by atoms with Gasteiger partial charge in [0.2, 0.25) is 29.5 Å². The van der Waals surface area contributed by atoms with Crippen molar-refractivity contribution in [1.29, 1.82) is 0 Å². The summed E-state index contributed by atoms with van der Waals surface area (Å²) in [5, 5.41) is 29.4. The zero-order chi connectivity index (χ0) is 35.7. The Morgan fingerprint density at radius 2 is 1.69 bits per heavy atom. The normalized spacial score (nSPS) is 16.7. The van der Waals surface area contributed by atoms with E-state index in [9.17, 15) is 48.6 Å². The van der Waals surface area contributed by atoms with E-state index >= 15 is 0 Å². The Morgan fingerprint density at radius 3 is 2.31 bits per heavy atom.